The van der Waals surface area contributed by atoms with E-state index >= 15 is 0 Å². The second-order valence-corrected chi connectivity index (χ2v) is 7.72. The number of aromatic nitrogens is 1. The van der Waals surface area contributed by atoms with Crippen LogP contribution in [0.4, 0.5) is 5.13 Å². The van der Waals surface area contributed by atoms with Gasteiger partial charge in [-0.25, -0.2) is 4.98 Å². The monoisotopic (exact) mass is 366 g/mol. The van der Waals surface area contributed by atoms with E-state index < -0.39 is 0 Å². The molecule has 0 radical (unpaired) electrons. The Balaban J connectivity index is 1.63. The van der Waals surface area contributed by atoms with Crippen LogP contribution in [0.5, 0.6) is 0 Å². The Labute approximate surface area is 157 Å². The lowest BCUT2D eigenvalue weighted by molar-refractivity contribution is -0.118. The highest BCUT2D eigenvalue weighted by Gasteiger charge is 2.26. The van der Waals surface area contributed by atoms with Crippen LogP contribution < -0.4 is 4.90 Å². The van der Waals surface area contributed by atoms with Crippen LogP contribution in [0.25, 0.3) is 10.2 Å². The molecule has 0 aliphatic carbocycles. The molecule has 2 heterocycles. The Kier molecular flexibility index (Phi) is 5.00. The van der Waals surface area contributed by atoms with Crippen LogP contribution in [-0.4, -0.2) is 30.1 Å². The minimum Gasteiger partial charge on any atom is -0.376 e. The second kappa shape index (κ2) is 7.56. The van der Waals surface area contributed by atoms with Crippen molar-refractivity contribution in [1.82, 2.24) is 4.98 Å². The largest absolute Gasteiger partial charge is 0.376 e. The number of nitrogens with zero attached hydrogens (tertiary/aromatic N) is 2. The molecule has 0 saturated carbocycles. The van der Waals surface area contributed by atoms with Gasteiger partial charge in [0.15, 0.2) is 5.13 Å². The van der Waals surface area contributed by atoms with Gasteiger partial charge in [0, 0.05) is 6.61 Å². The second-order valence-electron chi connectivity index (χ2n) is 6.71. The summed E-state index contributed by atoms with van der Waals surface area (Å²) in [5.41, 5.74) is 3.15. The van der Waals surface area contributed by atoms with E-state index in [2.05, 4.69) is 0 Å². The van der Waals surface area contributed by atoms with Crippen molar-refractivity contribution in [3.8, 4) is 0 Å². The zero-order valence-corrected chi connectivity index (χ0v) is 15.7. The highest BCUT2D eigenvalue weighted by Crippen LogP contribution is 2.30. The van der Waals surface area contributed by atoms with Crippen molar-refractivity contribution in [2.24, 2.45) is 0 Å². The Morgan fingerprint density at radius 3 is 2.81 bits per heavy atom. The molecule has 5 heteroatoms. The number of thiazole rings is 1. The molecule has 3 aromatic rings. The summed E-state index contributed by atoms with van der Waals surface area (Å²) in [7, 11) is 0. The van der Waals surface area contributed by atoms with E-state index in [1.54, 1.807) is 11.3 Å². The molecule has 1 aliphatic rings. The maximum Gasteiger partial charge on any atom is 0.233 e. The van der Waals surface area contributed by atoms with Crippen LogP contribution in [0.1, 0.15) is 24.0 Å². The first kappa shape index (κ1) is 17.2. The molecule has 1 amide bonds. The van der Waals surface area contributed by atoms with Gasteiger partial charge >= 0.3 is 0 Å². The van der Waals surface area contributed by atoms with Gasteiger partial charge in [-0.05, 0) is 43.0 Å². The predicted molar refractivity (Wildman–Crippen MR) is 106 cm³/mol. The Bertz CT molecular complexity index is 882. The van der Waals surface area contributed by atoms with Gasteiger partial charge in [-0.15, -0.1) is 0 Å². The lowest BCUT2D eigenvalue weighted by atomic mass is 10.1. The zero-order valence-electron chi connectivity index (χ0n) is 14.9. The topological polar surface area (TPSA) is 42.4 Å². The molecule has 1 aliphatic heterocycles. The number of rotatable bonds is 5. The molecule has 26 heavy (non-hydrogen) atoms. The van der Waals surface area contributed by atoms with Gasteiger partial charge in [0.2, 0.25) is 5.91 Å². The van der Waals surface area contributed by atoms with Crippen LogP contribution in [0.3, 0.4) is 0 Å². The van der Waals surface area contributed by atoms with E-state index in [4.69, 9.17) is 9.72 Å². The summed E-state index contributed by atoms with van der Waals surface area (Å²) in [4.78, 5) is 19.7. The SMILES string of the molecule is Cc1ccccc1CC(=O)N(C[C@@H]1CCCO1)c1nc2ccccc2s1. The number of hydrogen-bond donors (Lipinski definition) is 0. The van der Waals surface area contributed by atoms with E-state index in [9.17, 15) is 4.79 Å². The first-order valence-corrected chi connectivity index (χ1v) is 9.84. The number of fused-ring (bicyclic) bond motifs is 1. The van der Waals surface area contributed by atoms with Crippen molar-refractivity contribution in [1.29, 1.82) is 0 Å². The highest BCUT2D eigenvalue weighted by molar-refractivity contribution is 7.22. The fraction of sp³-hybridized carbons (Fsp3) is 0.333. The Morgan fingerprint density at radius 2 is 2.04 bits per heavy atom. The number of para-hydroxylation sites is 1. The van der Waals surface area contributed by atoms with Crippen LogP contribution in [0, 0.1) is 6.92 Å². The molecular formula is C21H22N2O2S. The molecule has 0 N–H and O–H groups in total. The summed E-state index contributed by atoms with van der Waals surface area (Å²) in [5.74, 6) is 0.0776. The lowest BCUT2D eigenvalue weighted by Gasteiger charge is -2.23. The molecule has 0 unspecified atom stereocenters. The molecule has 4 nitrogen and oxygen atoms in total. The first-order chi connectivity index (χ1) is 12.7. The van der Waals surface area contributed by atoms with Gasteiger partial charge in [0.1, 0.15) is 0 Å². The third-order valence-electron chi connectivity index (χ3n) is 4.83. The molecule has 4 rings (SSSR count). The summed E-state index contributed by atoms with van der Waals surface area (Å²) in [5, 5.41) is 0.764. The van der Waals surface area contributed by atoms with Gasteiger partial charge in [-0.1, -0.05) is 47.7 Å². The number of ether oxygens (including phenoxy) is 1. The zero-order chi connectivity index (χ0) is 17.9. The quantitative estimate of drug-likeness (QED) is 0.674. The fourth-order valence-electron chi connectivity index (χ4n) is 3.32. The van der Waals surface area contributed by atoms with Gasteiger partial charge in [-0.2, -0.15) is 0 Å². The van der Waals surface area contributed by atoms with Crippen molar-refractivity contribution in [3.63, 3.8) is 0 Å². The number of carbonyl (C=O) groups excluding carboxylic acids is 1. The van der Waals surface area contributed by atoms with Gasteiger partial charge in [-0.3, -0.25) is 9.69 Å². The van der Waals surface area contributed by atoms with E-state index in [0.717, 1.165) is 45.9 Å². The number of aryl methyl sites for hydroxylation is 1. The van der Waals surface area contributed by atoms with Gasteiger partial charge in [0.25, 0.3) is 0 Å². The first-order valence-electron chi connectivity index (χ1n) is 9.03. The van der Waals surface area contributed by atoms with E-state index in [1.165, 1.54) is 0 Å². The molecule has 1 aromatic heterocycles. The molecule has 134 valence electrons. The maximum atomic E-state index is 13.2. The number of carbonyl (C=O) groups is 1. The van der Waals surface area contributed by atoms with Crippen molar-refractivity contribution in [2.45, 2.75) is 32.3 Å². The van der Waals surface area contributed by atoms with Crippen molar-refractivity contribution in [2.75, 3.05) is 18.1 Å². The average molecular weight is 366 g/mol. The van der Waals surface area contributed by atoms with Crippen molar-refractivity contribution >= 4 is 32.6 Å². The number of amides is 1. The third-order valence-corrected chi connectivity index (χ3v) is 5.89. The molecule has 1 fully saturated rings. The molecule has 2 aromatic carbocycles. The van der Waals surface area contributed by atoms with Crippen molar-refractivity contribution in [3.05, 3.63) is 59.7 Å². The summed E-state index contributed by atoms with van der Waals surface area (Å²) in [6, 6.07) is 16.1. The molecule has 0 spiro atoms. The minimum absolute atomic E-state index is 0.0776. The van der Waals surface area contributed by atoms with Gasteiger partial charge in [0.05, 0.1) is 29.3 Å². The number of hydrogen-bond acceptors (Lipinski definition) is 4. The Morgan fingerprint density at radius 1 is 1.23 bits per heavy atom. The van der Waals surface area contributed by atoms with Crippen LogP contribution in [0.2, 0.25) is 0 Å². The lowest BCUT2D eigenvalue weighted by Crippen LogP contribution is -2.38. The average Bonchev–Trinajstić information content (AvgIpc) is 3.30. The fourth-order valence-corrected chi connectivity index (χ4v) is 4.31. The van der Waals surface area contributed by atoms with Crippen LogP contribution in [-0.2, 0) is 16.0 Å². The van der Waals surface area contributed by atoms with Crippen LogP contribution in [0.15, 0.2) is 48.5 Å². The van der Waals surface area contributed by atoms with E-state index in [-0.39, 0.29) is 12.0 Å². The molecule has 1 atom stereocenters. The summed E-state index contributed by atoms with van der Waals surface area (Å²) in [6.45, 7) is 3.40. The maximum absolute atomic E-state index is 13.2. The standard InChI is InChI=1S/C21H22N2O2S/c1-15-7-2-3-8-16(15)13-20(24)23(14-17-9-6-12-25-17)21-22-18-10-4-5-11-19(18)26-21/h2-5,7-8,10-11,17H,6,9,12-14H2,1H3/t17-/m0/s1. The third kappa shape index (κ3) is 3.64. The van der Waals surface area contributed by atoms with Crippen molar-refractivity contribution < 1.29 is 9.53 Å². The van der Waals surface area contributed by atoms with E-state index in [1.807, 2.05) is 60.4 Å². The molecule has 0 bridgehead atoms. The summed E-state index contributed by atoms with van der Waals surface area (Å²) >= 11 is 1.57. The molecule has 1 saturated heterocycles. The Hall–Kier alpha value is -2.24. The molecular weight excluding hydrogens is 344 g/mol. The minimum atomic E-state index is 0.0776. The van der Waals surface area contributed by atoms with Crippen LogP contribution >= 0.6 is 11.3 Å². The summed E-state index contributed by atoms with van der Waals surface area (Å²) in [6.07, 6.45) is 2.54. The highest BCUT2D eigenvalue weighted by atomic mass is 32.1. The number of anilines is 1. The smallest absolute Gasteiger partial charge is 0.233 e. The predicted octanol–water partition coefficient (Wildman–Crippen LogP) is 4.36. The summed E-state index contributed by atoms with van der Waals surface area (Å²) < 4.78 is 6.89. The van der Waals surface area contributed by atoms with E-state index in [0.29, 0.717) is 13.0 Å². The number of benzene rings is 2. The van der Waals surface area contributed by atoms with Gasteiger partial charge < -0.3 is 4.74 Å². The normalized spacial score (nSPS) is 16.9.